The quantitative estimate of drug-likeness (QED) is 0.581. The number of rotatable bonds is 5. The predicted octanol–water partition coefficient (Wildman–Crippen LogP) is 4.67. The van der Waals surface area contributed by atoms with Gasteiger partial charge in [-0.2, -0.15) is 0 Å². The number of benzene rings is 2. The zero-order valence-electron chi connectivity index (χ0n) is 17.1. The fourth-order valence-corrected chi connectivity index (χ4v) is 5.16. The van der Waals surface area contributed by atoms with Crippen molar-refractivity contribution in [3.8, 4) is 0 Å². The van der Waals surface area contributed by atoms with Crippen molar-refractivity contribution in [3.63, 3.8) is 0 Å². The Morgan fingerprint density at radius 1 is 1.17 bits per heavy atom. The summed E-state index contributed by atoms with van der Waals surface area (Å²) in [5.74, 6) is -0.478. The van der Waals surface area contributed by atoms with Crippen molar-refractivity contribution >= 4 is 51.4 Å². The van der Waals surface area contributed by atoms with Gasteiger partial charge in [-0.3, -0.25) is 4.79 Å². The summed E-state index contributed by atoms with van der Waals surface area (Å²) in [5.41, 5.74) is 2.53. The number of nitrogens with zero attached hydrogens (tertiary/aromatic N) is 1. The Bertz CT molecular complexity index is 1070. The van der Waals surface area contributed by atoms with Crippen LogP contribution >= 0.6 is 23.7 Å². The second kappa shape index (κ2) is 9.60. The van der Waals surface area contributed by atoms with E-state index in [9.17, 15) is 9.59 Å². The number of fused-ring (bicyclic) bond motifs is 2. The first-order valence-electron chi connectivity index (χ1n) is 9.83. The van der Waals surface area contributed by atoms with Crippen LogP contribution in [0, 0.1) is 0 Å². The normalized spacial score (nSPS) is 13.4. The van der Waals surface area contributed by atoms with Gasteiger partial charge in [-0.05, 0) is 42.3 Å². The number of hydrogen-bond donors (Lipinski definition) is 1. The summed E-state index contributed by atoms with van der Waals surface area (Å²) in [5, 5.41) is 5.78. The summed E-state index contributed by atoms with van der Waals surface area (Å²) in [6.45, 7) is 3.78. The van der Waals surface area contributed by atoms with E-state index in [-0.39, 0.29) is 30.7 Å². The van der Waals surface area contributed by atoms with E-state index in [1.165, 1.54) is 11.3 Å². The molecule has 0 aliphatic carbocycles. The lowest BCUT2D eigenvalue weighted by atomic mass is 10.0. The van der Waals surface area contributed by atoms with Crippen molar-refractivity contribution in [2.45, 2.75) is 26.3 Å². The second-order valence-corrected chi connectivity index (χ2v) is 8.38. The molecule has 0 fully saturated rings. The first kappa shape index (κ1) is 22.3. The van der Waals surface area contributed by atoms with Gasteiger partial charge >= 0.3 is 5.97 Å². The van der Waals surface area contributed by atoms with Gasteiger partial charge in [-0.25, -0.2) is 4.79 Å². The molecule has 7 heteroatoms. The molecule has 0 unspecified atom stereocenters. The molecule has 1 aromatic heterocycles. The van der Waals surface area contributed by atoms with Crippen molar-refractivity contribution in [3.05, 3.63) is 64.0 Å². The van der Waals surface area contributed by atoms with Gasteiger partial charge in [0.15, 0.2) is 0 Å². The van der Waals surface area contributed by atoms with Crippen LogP contribution in [0.15, 0.2) is 42.5 Å². The number of nitrogens with one attached hydrogen (secondary N) is 1. The third kappa shape index (κ3) is 4.51. The first-order chi connectivity index (χ1) is 14.1. The molecule has 3 aromatic rings. The zero-order chi connectivity index (χ0) is 20.4. The Balaban J connectivity index is 0.00000256. The van der Waals surface area contributed by atoms with Crippen LogP contribution in [0.1, 0.15) is 33.3 Å². The predicted molar refractivity (Wildman–Crippen MR) is 124 cm³/mol. The van der Waals surface area contributed by atoms with Crippen LogP contribution in [-0.2, 0) is 28.9 Å². The molecule has 2 aromatic carbocycles. The molecule has 30 heavy (non-hydrogen) atoms. The van der Waals surface area contributed by atoms with E-state index < -0.39 is 0 Å². The van der Waals surface area contributed by atoms with E-state index in [0.29, 0.717) is 17.2 Å². The molecule has 0 saturated heterocycles. The number of carbonyl (C=O) groups is 2. The number of anilines is 1. The van der Waals surface area contributed by atoms with E-state index in [0.717, 1.165) is 46.3 Å². The third-order valence-corrected chi connectivity index (χ3v) is 6.34. The molecular formula is C23H25ClN2O3S. The van der Waals surface area contributed by atoms with Gasteiger partial charge in [0.25, 0.3) is 0 Å². The number of thiophene rings is 1. The molecule has 1 aliphatic heterocycles. The van der Waals surface area contributed by atoms with E-state index in [1.807, 2.05) is 42.5 Å². The second-order valence-electron chi connectivity index (χ2n) is 7.28. The highest BCUT2D eigenvalue weighted by Gasteiger charge is 2.28. The van der Waals surface area contributed by atoms with Gasteiger partial charge in [0.1, 0.15) is 5.00 Å². The smallest absolute Gasteiger partial charge is 0.341 e. The van der Waals surface area contributed by atoms with Gasteiger partial charge in [0, 0.05) is 18.0 Å². The van der Waals surface area contributed by atoms with Crippen LogP contribution in [0.4, 0.5) is 5.00 Å². The average molecular weight is 445 g/mol. The largest absolute Gasteiger partial charge is 0.462 e. The Labute approximate surface area is 186 Å². The Kier molecular flexibility index (Phi) is 7.13. The molecule has 1 N–H and O–H groups in total. The number of halogens is 1. The van der Waals surface area contributed by atoms with Gasteiger partial charge < -0.3 is 15.0 Å². The Morgan fingerprint density at radius 3 is 2.73 bits per heavy atom. The summed E-state index contributed by atoms with van der Waals surface area (Å²) in [7, 11) is 2.06. The fraction of sp³-hybridized carbons (Fsp3) is 0.304. The Morgan fingerprint density at radius 2 is 1.93 bits per heavy atom. The molecule has 0 radical (unpaired) electrons. The van der Waals surface area contributed by atoms with E-state index >= 15 is 0 Å². The summed E-state index contributed by atoms with van der Waals surface area (Å²) in [6.07, 6.45) is 1.04. The lowest BCUT2D eigenvalue weighted by Crippen LogP contribution is -2.26. The molecule has 5 nitrogen and oxygen atoms in total. The molecule has 0 atom stereocenters. The lowest BCUT2D eigenvalue weighted by Gasteiger charge is -2.22. The van der Waals surface area contributed by atoms with Crippen molar-refractivity contribution in [1.82, 2.24) is 4.90 Å². The maximum atomic E-state index is 12.9. The minimum Gasteiger partial charge on any atom is -0.462 e. The van der Waals surface area contributed by atoms with E-state index in [4.69, 9.17) is 4.74 Å². The molecule has 1 aliphatic rings. The first-order valence-corrected chi connectivity index (χ1v) is 10.6. The highest BCUT2D eigenvalue weighted by Crippen LogP contribution is 2.37. The van der Waals surface area contributed by atoms with Crippen LogP contribution in [-0.4, -0.2) is 37.0 Å². The zero-order valence-corrected chi connectivity index (χ0v) is 18.7. The standard InChI is InChI=1S/C23H24N2O3S.ClH/c1-3-28-23(27)21-18-11-12-25(2)14-19(18)29-22(21)24-20(26)13-16-9-6-8-15-7-4-5-10-17(15)16;/h4-10H,3,11-14H2,1-2H3,(H,24,26);1H. The van der Waals surface area contributed by atoms with E-state index in [2.05, 4.69) is 17.3 Å². The minimum atomic E-state index is -0.352. The van der Waals surface area contributed by atoms with Crippen LogP contribution < -0.4 is 5.32 Å². The topological polar surface area (TPSA) is 58.6 Å². The average Bonchev–Trinajstić information content (AvgIpc) is 3.05. The maximum Gasteiger partial charge on any atom is 0.341 e. The van der Waals surface area contributed by atoms with Crippen LogP contribution in [0.25, 0.3) is 10.8 Å². The van der Waals surface area contributed by atoms with Crippen LogP contribution in [0.3, 0.4) is 0 Å². The Hall–Kier alpha value is -2.41. The van der Waals surface area contributed by atoms with Crippen molar-refractivity contribution in [2.24, 2.45) is 0 Å². The lowest BCUT2D eigenvalue weighted by molar-refractivity contribution is -0.115. The highest BCUT2D eigenvalue weighted by atomic mass is 35.5. The number of carbonyl (C=O) groups excluding carboxylic acids is 2. The number of hydrogen-bond acceptors (Lipinski definition) is 5. The number of ether oxygens (including phenoxy) is 1. The molecule has 0 spiro atoms. The molecule has 0 saturated carbocycles. The number of esters is 1. The third-order valence-electron chi connectivity index (χ3n) is 5.21. The van der Waals surface area contributed by atoms with Crippen molar-refractivity contribution in [1.29, 1.82) is 0 Å². The van der Waals surface area contributed by atoms with Gasteiger partial charge in [-0.1, -0.05) is 42.5 Å². The summed E-state index contributed by atoms with van der Waals surface area (Å²) >= 11 is 1.49. The van der Waals surface area contributed by atoms with Gasteiger partial charge in [-0.15, -0.1) is 23.7 Å². The molecule has 4 rings (SSSR count). The molecule has 0 bridgehead atoms. The molecule has 158 valence electrons. The molecule has 2 heterocycles. The number of likely N-dealkylation sites (N-methyl/N-ethyl adjacent to an activating group) is 1. The minimum absolute atomic E-state index is 0. The fourth-order valence-electron chi connectivity index (χ4n) is 3.83. The van der Waals surface area contributed by atoms with Crippen molar-refractivity contribution in [2.75, 3.05) is 25.5 Å². The summed E-state index contributed by atoms with van der Waals surface area (Å²) < 4.78 is 5.28. The monoisotopic (exact) mass is 444 g/mol. The summed E-state index contributed by atoms with van der Waals surface area (Å²) in [6, 6.07) is 14.0. The summed E-state index contributed by atoms with van der Waals surface area (Å²) in [4.78, 5) is 28.8. The van der Waals surface area contributed by atoms with Crippen LogP contribution in [0.5, 0.6) is 0 Å². The molecular weight excluding hydrogens is 420 g/mol. The molecule has 1 amide bonds. The maximum absolute atomic E-state index is 12.9. The van der Waals surface area contributed by atoms with Gasteiger partial charge in [0.05, 0.1) is 18.6 Å². The van der Waals surface area contributed by atoms with Gasteiger partial charge in [0.2, 0.25) is 5.91 Å². The SMILES string of the molecule is CCOC(=O)c1c(NC(=O)Cc2cccc3ccccc23)sc2c1CCN(C)C2.Cl. The number of amides is 1. The van der Waals surface area contributed by atoms with E-state index in [1.54, 1.807) is 6.92 Å². The highest BCUT2D eigenvalue weighted by molar-refractivity contribution is 7.17. The van der Waals surface area contributed by atoms with Crippen molar-refractivity contribution < 1.29 is 14.3 Å². The van der Waals surface area contributed by atoms with Crippen LogP contribution in [0.2, 0.25) is 0 Å².